The lowest BCUT2D eigenvalue weighted by Gasteiger charge is -2.34. The molecule has 1 N–H and O–H groups in total. The van der Waals surface area contributed by atoms with Gasteiger partial charge in [-0.1, -0.05) is 67.8 Å². The van der Waals surface area contributed by atoms with Crippen molar-refractivity contribution >= 4 is 27.5 Å². The molecule has 1 saturated carbocycles. The summed E-state index contributed by atoms with van der Waals surface area (Å²) in [4.78, 5) is 29.8. The van der Waals surface area contributed by atoms with Gasteiger partial charge in [0.25, 0.3) is 0 Å². The number of amides is 2. The average Bonchev–Trinajstić information content (AvgIpc) is 3.02. The lowest BCUT2D eigenvalue weighted by atomic mass is 9.94. The third-order valence-electron chi connectivity index (χ3n) is 8.64. The molecule has 0 spiro atoms. The third kappa shape index (κ3) is 9.82. The van der Waals surface area contributed by atoms with Crippen LogP contribution in [-0.2, 0) is 32.6 Å². The molecular formula is C36H47N3O5S. The molecule has 3 aromatic rings. The van der Waals surface area contributed by atoms with Crippen LogP contribution in [0, 0.1) is 13.8 Å². The van der Waals surface area contributed by atoms with Gasteiger partial charge in [0.2, 0.25) is 21.8 Å². The van der Waals surface area contributed by atoms with Crippen LogP contribution in [-0.4, -0.2) is 57.1 Å². The van der Waals surface area contributed by atoms with Crippen molar-refractivity contribution in [1.29, 1.82) is 0 Å². The number of benzene rings is 3. The first-order chi connectivity index (χ1) is 21.5. The Labute approximate surface area is 268 Å². The van der Waals surface area contributed by atoms with Crippen molar-refractivity contribution in [2.75, 3.05) is 24.2 Å². The molecule has 0 saturated heterocycles. The minimum absolute atomic E-state index is 0.0861. The maximum Gasteiger partial charge on any atom is 0.243 e. The largest absolute Gasteiger partial charge is 0.497 e. The standard InChI is InChI=1S/C36H47N3O5S/c1-27-20-21-32(23-28(27)2)39(45(4,42)43)22-12-19-35(40)38(26-30-15-11-18-33(24-30)44-3)34(25-29-13-7-5-8-14-29)36(41)37-31-16-9-6-10-17-31/h5,7-8,11,13-15,18,20-21,23-24,31,34H,6,9-10,12,16-17,19,22,25-26H2,1-4H3,(H,37,41)/t34-/m0/s1. The SMILES string of the molecule is COc1cccc(CN(C(=O)CCCN(c2ccc(C)c(C)c2)S(C)(=O)=O)[C@@H](Cc2ccccc2)C(=O)NC2CCCCC2)c1. The number of methoxy groups -OCH3 is 1. The molecule has 45 heavy (non-hydrogen) atoms. The Bertz CT molecular complexity index is 1540. The molecule has 0 aromatic heterocycles. The van der Waals surface area contributed by atoms with E-state index in [1.807, 2.05) is 80.6 Å². The smallest absolute Gasteiger partial charge is 0.243 e. The minimum atomic E-state index is -3.58. The number of aryl methyl sites for hydroxylation is 2. The fourth-order valence-electron chi connectivity index (χ4n) is 5.95. The number of nitrogens with one attached hydrogen (secondary N) is 1. The Hall–Kier alpha value is -3.85. The van der Waals surface area contributed by atoms with E-state index in [1.54, 1.807) is 18.1 Å². The Morgan fingerprint density at radius 2 is 1.62 bits per heavy atom. The zero-order chi connectivity index (χ0) is 32.4. The molecule has 4 rings (SSSR count). The number of ether oxygens (including phenoxy) is 1. The van der Waals surface area contributed by atoms with Crippen molar-refractivity contribution in [3.63, 3.8) is 0 Å². The fourth-order valence-corrected chi connectivity index (χ4v) is 6.91. The van der Waals surface area contributed by atoms with Crippen LogP contribution in [0.25, 0.3) is 0 Å². The molecule has 0 aliphatic heterocycles. The molecular weight excluding hydrogens is 586 g/mol. The van der Waals surface area contributed by atoms with E-state index in [2.05, 4.69) is 5.32 Å². The molecule has 0 heterocycles. The molecule has 1 atom stereocenters. The number of carbonyl (C=O) groups excluding carboxylic acids is 2. The molecule has 1 fully saturated rings. The highest BCUT2D eigenvalue weighted by atomic mass is 32.2. The average molecular weight is 634 g/mol. The minimum Gasteiger partial charge on any atom is -0.497 e. The van der Waals surface area contributed by atoms with Crippen LogP contribution in [0.5, 0.6) is 5.75 Å². The lowest BCUT2D eigenvalue weighted by Crippen LogP contribution is -2.52. The van der Waals surface area contributed by atoms with Crippen LogP contribution in [0.2, 0.25) is 0 Å². The van der Waals surface area contributed by atoms with Gasteiger partial charge in [-0.3, -0.25) is 13.9 Å². The molecule has 2 amide bonds. The van der Waals surface area contributed by atoms with Gasteiger partial charge in [0.1, 0.15) is 11.8 Å². The van der Waals surface area contributed by atoms with Gasteiger partial charge in [0, 0.05) is 32.0 Å². The number of hydrogen-bond donors (Lipinski definition) is 1. The summed E-state index contributed by atoms with van der Waals surface area (Å²) in [5.41, 5.74) is 4.46. The summed E-state index contributed by atoms with van der Waals surface area (Å²) >= 11 is 0. The van der Waals surface area contributed by atoms with E-state index in [0.717, 1.165) is 47.9 Å². The number of rotatable bonds is 14. The molecule has 9 heteroatoms. The monoisotopic (exact) mass is 633 g/mol. The molecule has 242 valence electrons. The van der Waals surface area contributed by atoms with Gasteiger partial charge >= 0.3 is 0 Å². The zero-order valence-electron chi connectivity index (χ0n) is 27.0. The summed E-state index contributed by atoms with van der Waals surface area (Å²) in [6, 6.07) is 22.2. The molecule has 8 nitrogen and oxygen atoms in total. The summed E-state index contributed by atoms with van der Waals surface area (Å²) in [6.07, 6.45) is 7.15. The number of carbonyl (C=O) groups is 2. The molecule has 0 radical (unpaired) electrons. The van der Waals surface area contributed by atoms with Crippen LogP contribution in [0.15, 0.2) is 72.8 Å². The van der Waals surface area contributed by atoms with Gasteiger partial charge in [-0.15, -0.1) is 0 Å². The topological polar surface area (TPSA) is 96.0 Å². The summed E-state index contributed by atoms with van der Waals surface area (Å²) in [6.45, 7) is 4.30. The van der Waals surface area contributed by atoms with E-state index < -0.39 is 16.1 Å². The zero-order valence-corrected chi connectivity index (χ0v) is 27.8. The maximum atomic E-state index is 14.1. The summed E-state index contributed by atoms with van der Waals surface area (Å²) in [7, 11) is -1.98. The van der Waals surface area contributed by atoms with Gasteiger partial charge in [-0.2, -0.15) is 0 Å². The van der Waals surface area contributed by atoms with Crippen LogP contribution in [0.4, 0.5) is 5.69 Å². The van der Waals surface area contributed by atoms with Crippen molar-refractivity contribution in [3.8, 4) is 5.75 Å². The highest BCUT2D eigenvalue weighted by Crippen LogP contribution is 2.24. The molecule has 3 aromatic carbocycles. The summed E-state index contributed by atoms with van der Waals surface area (Å²) in [5, 5.41) is 3.26. The first-order valence-corrected chi connectivity index (χ1v) is 17.7. The van der Waals surface area contributed by atoms with Gasteiger partial charge < -0.3 is 15.0 Å². The summed E-state index contributed by atoms with van der Waals surface area (Å²) in [5.74, 6) is 0.310. The highest BCUT2D eigenvalue weighted by Gasteiger charge is 2.32. The van der Waals surface area contributed by atoms with Crippen LogP contribution in [0.1, 0.15) is 67.2 Å². The quantitative estimate of drug-likeness (QED) is 0.237. The van der Waals surface area contributed by atoms with Crippen molar-refractivity contribution in [1.82, 2.24) is 10.2 Å². The predicted molar refractivity (Wildman–Crippen MR) is 180 cm³/mol. The van der Waals surface area contributed by atoms with E-state index in [0.29, 0.717) is 24.3 Å². The van der Waals surface area contributed by atoms with Gasteiger partial charge in [-0.05, 0) is 79.6 Å². The molecule has 1 aliphatic rings. The second kappa shape index (κ2) is 15.9. The van der Waals surface area contributed by atoms with Crippen LogP contribution >= 0.6 is 0 Å². The Morgan fingerprint density at radius 3 is 2.29 bits per heavy atom. The Balaban J connectivity index is 1.61. The molecule has 0 unspecified atom stereocenters. The van der Waals surface area contributed by atoms with Crippen molar-refractivity contribution in [2.45, 2.75) is 83.8 Å². The van der Waals surface area contributed by atoms with Crippen molar-refractivity contribution in [3.05, 3.63) is 95.1 Å². The third-order valence-corrected chi connectivity index (χ3v) is 9.83. The second-order valence-corrected chi connectivity index (χ2v) is 14.0. The first-order valence-electron chi connectivity index (χ1n) is 15.9. The normalized spacial score (nSPS) is 14.4. The van der Waals surface area contributed by atoms with Gasteiger partial charge in [0.05, 0.1) is 19.1 Å². The van der Waals surface area contributed by atoms with E-state index >= 15 is 0 Å². The van der Waals surface area contributed by atoms with Gasteiger partial charge in [0.15, 0.2) is 0 Å². The van der Waals surface area contributed by atoms with E-state index in [9.17, 15) is 18.0 Å². The van der Waals surface area contributed by atoms with Crippen molar-refractivity contribution in [2.24, 2.45) is 0 Å². The number of nitrogens with zero attached hydrogens (tertiary/aromatic N) is 2. The fraction of sp³-hybridized carbons (Fsp3) is 0.444. The lowest BCUT2D eigenvalue weighted by molar-refractivity contribution is -0.141. The summed E-state index contributed by atoms with van der Waals surface area (Å²) < 4.78 is 32.4. The maximum absolute atomic E-state index is 14.1. The Kier molecular flexibility index (Phi) is 12.0. The predicted octanol–water partition coefficient (Wildman–Crippen LogP) is 5.95. The van der Waals surface area contributed by atoms with E-state index in [4.69, 9.17) is 4.74 Å². The van der Waals surface area contributed by atoms with Gasteiger partial charge in [-0.25, -0.2) is 8.42 Å². The van der Waals surface area contributed by atoms with Crippen molar-refractivity contribution < 1.29 is 22.7 Å². The number of hydrogen-bond acceptors (Lipinski definition) is 5. The second-order valence-electron chi connectivity index (χ2n) is 12.1. The highest BCUT2D eigenvalue weighted by molar-refractivity contribution is 7.92. The van der Waals surface area contributed by atoms with Crippen LogP contribution < -0.4 is 14.4 Å². The Morgan fingerprint density at radius 1 is 0.911 bits per heavy atom. The van der Waals surface area contributed by atoms with E-state index in [1.165, 1.54) is 17.0 Å². The molecule has 0 bridgehead atoms. The van der Waals surface area contributed by atoms with Crippen LogP contribution in [0.3, 0.4) is 0 Å². The first kappa shape index (κ1) is 34.0. The number of anilines is 1. The molecule has 1 aliphatic carbocycles. The van der Waals surface area contributed by atoms with E-state index in [-0.39, 0.29) is 37.4 Å². The number of sulfonamides is 1.